The molecule has 0 saturated carbocycles. The van der Waals surface area contributed by atoms with Gasteiger partial charge in [-0.1, -0.05) is 0 Å². The molecule has 0 aromatic carbocycles. The lowest BCUT2D eigenvalue weighted by Crippen LogP contribution is -2.37. The van der Waals surface area contributed by atoms with Gasteiger partial charge >= 0.3 is 0 Å². The van der Waals surface area contributed by atoms with Crippen LogP contribution in [0.1, 0.15) is 20.8 Å². The van der Waals surface area contributed by atoms with Crippen molar-refractivity contribution in [2.45, 2.75) is 17.9 Å². The molecule has 0 radical (unpaired) electrons. The van der Waals surface area contributed by atoms with Gasteiger partial charge in [0.1, 0.15) is 5.00 Å². The van der Waals surface area contributed by atoms with Crippen LogP contribution in [-0.4, -0.2) is 58.4 Å². The summed E-state index contributed by atoms with van der Waals surface area (Å²) in [6.45, 7) is 1.12. The first-order chi connectivity index (χ1) is 13.0. The summed E-state index contributed by atoms with van der Waals surface area (Å²) in [7, 11) is 1.63. The van der Waals surface area contributed by atoms with E-state index in [1.807, 2.05) is 17.0 Å². The van der Waals surface area contributed by atoms with Crippen LogP contribution in [0.15, 0.2) is 29.4 Å². The number of carbonyl (C=O) groups is 3. The van der Waals surface area contributed by atoms with Crippen molar-refractivity contribution in [2.75, 3.05) is 31.2 Å². The maximum atomic E-state index is 12.6. The smallest absolute Gasteiger partial charge is 0.257 e. The van der Waals surface area contributed by atoms with E-state index < -0.39 is 0 Å². The zero-order valence-electron chi connectivity index (χ0n) is 14.7. The number of pyridine rings is 1. The second-order valence-corrected chi connectivity index (χ2v) is 8.61. The van der Waals surface area contributed by atoms with Crippen molar-refractivity contribution in [1.29, 1.82) is 0 Å². The molecular formula is C18H18N4O3S2. The molecule has 9 heteroatoms. The van der Waals surface area contributed by atoms with Gasteiger partial charge in [-0.25, -0.2) is 0 Å². The van der Waals surface area contributed by atoms with Gasteiger partial charge in [-0.15, -0.1) is 23.1 Å². The standard InChI is InChI=1S/C18H18N4O3S2/c1-21-9-14(23)20-17-16(18(21)25)12-4-7-22(8-13(12)27-17)15(24)10-26-11-2-5-19-6-3-11/h2-3,5-6H,4,7-10H2,1H3,(H,20,23). The first-order valence-electron chi connectivity index (χ1n) is 8.53. The van der Waals surface area contributed by atoms with Crippen LogP contribution < -0.4 is 5.32 Å². The van der Waals surface area contributed by atoms with Crippen molar-refractivity contribution in [2.24, 2.45) is 0 Å². The Hall–Kier alpha value is -2.39. The summed E-state index contributed by atoms with van der Waals surface area (Å²) in [6, 6.07) is 3.76. The van der Waals surface area contributed by atoms with Crippen LogP contribution in [0.2, 0.25) is 0 Å². The van der Waals surface area contributed by atoms with Crippen LogP contribution in [0.25, 0.3) is 0 Å². The predicted octanol–water partition coefficient (Wildman–Crippen LogP) is 1.84. The number of nitrogens with one attached hydrogen (secondary N) is 1. The number of thiophene rings is 1. The number of likely N-dealkylation sites (N-methyl/N-ethyl adjacent to an activating group) is 1. The quantitative estimate of drug-likeness (QED) is 0.793. The van der Waals surface area contributed by atoms with Gasteiger partial charge < -0.3 is 15.1 Å². The molecule has 27 heavy (non-hydrogen) atoms. The van der Waals surface area contributed by atoms with Crippen molar-refractivity contribution in [1.82, 2.24) is 14.8 Å². The summed E-state index contributed by atoms with van der Waals surface area (Å²) in [5, 5.41) is 3.45. The Kier molecular flexibility index (Phi) is 4.88. The number of carbonyl (C=O) groups excluding carboxylic acids is 3. The summed E-state index contributed by atoms with van der Waals surface area (Å²) in [5.74, 6) is 0.111. The van der Waals surface area contributed by atoms with Crippen molar-refractivity contribution >= 4 is 45.8 Å². The molecule has 2 aliphatic rings. The number of hydrogen-bond donors (Lipinski definition) is 1. The van der Waals surface area contributed by atoms with Gasteiger partial charge in [-0.05, 0) is 24.1 Å². The molecule has 7 nitrogen and oxygen atoms in total. The van der Waals surface area contributed by atoms with E-state index in [9.17, 15) is 14.4 Å². The highest BCUT2D eigenvalue weighted by Crippen LogP contribution is 2.38. The summed E-state index contributed by atoms with van der Waals surface area (Å²) in [4.78, 5) is 46.4. The van der Waals surface area contributed by atoms with Crippen molar-refractivity contribution in [3.8, 4) is 0 Å². The Morgan fingerprint density at radius 2 is 2.07 bits per heavy atom. The van der Waals surface area contributed by atoms with Crippen molar-refractivity contribution in [3.63, 3.8) is 0 Å². The Labute approximate surface area is 164 Å². The third kappa shape index (κ3) is 3.57. The van der Waals surface area contributed by atoms with Gasteiger partial charge in [0.2, 0.25) is 11.8 Å². The number of aromatic nitrogens is 1. The summed E-state index contributed by atoms with van der Waals surface area (Å²) in [5.41, 5.74) is 1.57. The van der Waals surface area contributed by atoms with E-state index in [2.05, 4.69) is 10.3 Å². The SMILES string of the molecule is CN1CC(=O)Nc2sc3c(c2C1=O)CCN(C(=O)CSc1ccncc1)C3. The lowest BCUT2D eigenvalue weighted by atomic mass is 10.0. The molecule has 0 spiro atoms. The molecule has 0 aliphatic carbocycles. The molecule has 2 aromatic rings. The van der Waals surface area contributed by atoms with Crippen LogP contribution in [0.5, 0.6) is 0 Å². The number of amides is 3. The van der Waals surface area contributed by atoms with E-state index in [1.54, 1.807) is 19.4 Å². The minimum atomic E-state index is -0.190. The first kappa shape index (κ1) is 18.0. The number of nitrogens with zero attached hydrogens (tertiary/aromatic N) is 3. The lowest BCUT2D eigenvalue weighted by Gasteiger charge is -2.27. The van der Waals surface area contributed by atoms with E-state index in [-0.39, 0.29) is 24.3 Å². The average molecular weight is 403 g/mol. The fraction of sp³-hybridized carbons (Fsp3) is 0.333. The third-order valence-corrected chi connectivity index (χ3v) is 6.74. The zero-order chi connectivity index (χ0) is 19.0. The average Bonchev–Trinajstić information content (AvgIpc) is 2.97. The van der Waals surface area contributed by atoms with Gasteiger partial charge in [0.15, 0.2) is 0 Å². The molecule has 0 fully saturated rings. The maximum Gasteiger partial charge on any atom is 0.257 e. The van der Waals surface area contributed by atoms with Gasteiger partial charge in [-0.3, -0.25) is 19.4 Å². The fourth-order valence-electron chi connectivity index (χ4n) is 3.25. The molecule has 0 unspecified atom stereocenters. The van der Waals surface area contributed by atoms with Gasteiger partial charge in [0.05, 0.1) is 24.4 Å². The highest BCUT2D eigenvalue weighted by Gasteiger charge is 2.33. The second kappa shape index (κ2) is 7.32. The summed E-state index contributed by atoms with van der Waals surface area (Å²) in [6.07, 6.45) is 4.05. The predicted molar refractivity (Wildman–Crippen MR) is 104 cm³/mol. The fourth-order valence-corrected chi connectivity index (χ4v) is 5.30. The minimum Gasteiger partial charge on any atom is -0.336 e. The first-order valence-corrected chi connectivity index (χ1v) is 10.3. The topological polar surface area (TPSA) is 82.6 Å². The highest BCUT2D eigenvalue weighted by molar-refractivity contribution is 8.00. The highest BCUT2D eigenvalue weighted by atomic mass is 32.2. The Balaban J connectivity index is 1.49. The van der Waals surface area contributed by atoms with E-state index >= 15 is 0 Å². The Morgan fingerprint density at radius 1 is 1.30 bits per heavy atom. The third-order valence-electron chi connectivity index (χ3n) is 4.62. The normalized spacial score (nSPS) is 16.5. The van der Waals surface area contributed by atoms with E-state index in [0.29, 0.717) is 35.8 Å². The minimum absolute atomic E-state index is 0.0614. The van der Waals surface area contributed by atoms with E-state index in [1.165, 1.54) is 28.0 Å². The molecule has 3 amide bonds. The number of rotatable bonds is 3. The lowest BCUT2D eigenvalue weighted by molar-refractivity contribution is -0.129. The van der Waals surface area contributed by atoms with Crippen LogP contribution in [0.4, 0.5) is 5.00 Å². The molecule has 4 rings (SSSR count). The summed E-state index contributed by atoms with van der Waals surface area (Å²) < 4.78 is 0. The van der Waals surface area contributed by atoms with Crippen molar-refractivity contribution < 1.29 is 14.4 Å². The zero-order valence-corrected chi connectivity index (χ0v) is 16.4. The van der Waals surface area contributed by atoms with Gasteiger partial charge in [0.25, 0.3) is 5.91 Å². The van der Waals surface area contributed by atoms with E-state index in [4.69, 9.17) is 0 Å². The summed E-state index contributed by atoms with van der Waals surface area (Å²) >= 11 is 2.90. The van der Waals surface area contributed by atoms with Crippen molar-refractivity contribution in [3.05, 3.63) is 40.5 Å². The van der Waals surface area contributed by atoms with Crippen LogP contribution in [0.3, 0.4) is 0 Å². The molecule has 2 aromatic heterocycles. The molecule has 4 heterocycles. The molecule has 0 saturated heterocycles. The molecular weight excluding hydrogens is 384 g/mol. The molecule has 0 bridgehead atoms. The Morgan fingerprint density at radius 3 is 2.85 bits per heavy atom. The molecule has 2 aliphatic heterocycles. The number of hydrogen-bond acceptors (Lipinski definition) is 6. The molecule has 1 N–H and O–H groups in total. The largest absolute Gasteiger partial charge is 0.336 e. The monoisotopic (exact) mass is 402 g/mol. The van der Waals surface area contributed by atoms with Crippen LogP contribution >= 0.6 is 23.1 Å². The Bertz CT molecular complexity index is 913. The number of fused-ring (bicyclic) bond motifs is 3. The van der Waals surface area contributed by atoms with Crippen LogP contribution in [-0.2, 0) is 22.6 Å². The van der Waals surface area contributed by atoms with Gasteiger partial charge in [0, 0.05) is 35.8 Å². The van der Waals surface area contributed by atoms with Gasteiger partial charge in [-0.2, -0.15) is 0 Å². The second-order valence-electron chi connectivity index (χ2n) is 6.45. The molecule has 0 atom stereocenters. The number of thioether (sulfide) groups is 1. The maximum absolute atomic E-state index is 12.6. The van der Waals surface area contributed by atoms with Crippen LogP contribution in [0, 0.1) is 0 Å². The van der Waals surface area contributed by atoms with E-state index in [0.717, 1.165) is 15.3 Å². The molecule has 140 valence electrons. The number of anilines is 1.